The SMILES string of the molecule is COC(=O)Nc1ccc(-c2nc(N3CCOCC3)c3cnn(C4CCN(C(=O)OC)CC4)c3n2)cc1.COC(=O)Nc1ccc(-c2nc(N3CCOCC3)c3cnn(C4CCN(Cc5cccnc5)CC4)c3n2)cc1.COc1cccc2c1CC(c1nc(C3CCC(C(=O)O)CC3)n3ncnc(N)c13)=C2. The summed E-state index contributed by atoms with van der Waals surface area (Å²) in [6, 6.07) is 25.3. The number of carboxylic acid groups (broad SMARTS) is 1. The van der Waals surface area contributed by atoms with Crippen molar-refractivity contribution in [1.29, 1.82) is 0 Å². The molecule has 5 fully saturated rings. The van der Waals surface area contributed by atoms with Crippen LogP contribution in [0.2, 0.25) is 0 Å². The topological polar surface area (TPSA) is 350 Å². The van der Waals surface area contributed by atoms with Crippen molar-refractivity contribution in [3.05, 3.63) is 138 Å². The number of imidazole rings is 1. The average Bonchev–Trinajstić information content (AvgIpc) is 1.65. The number of benzene rings is 3. The average molecular weight is 1430 g/mol. The molecule has 3 aromatic carbocycles. The molecule has 7 aromatic heterocycles. The van der Waals surface area contributed by atoms with Gasteiger partial charge in [-0.1, -0.05) is 18.2 Å². The standard InChI is InChI=1S/C28H32N8O3.C24H29N7O5.C22H23N5O3/c1-38-28(37)31-22-6-4-21(5-7-22)25-32-26(35-13-15-39-16-14-35)24-18-30-36(27(24)33-25)23-8-11-34(12-9-23)19-20-3-2-10-29-17-20;1-34-23(32)26-17-5-3-16(4-6-17)20-27-21(29-11-13-36-14-12-29)19-15-25-31(22(19)28-20)18-7-9-30(10-8-18)24(33)35-2;1-30-17-4-2-3-14-9-15(10-16(14)17)18-19-20(23)24-11-25-27(19)21(26-18)12-5-7-13(8-6-12)22(28)29/h2-7,10,17-18,23H,8-9,11-16,19H2,1H3,(H,31,37);3-6,15,18H,7-14H2,1-2H3,(H,26,32);2-4,9,11-13H,5-8,10H2,1H3,(H,28,29)(H2,23,24,25). The number of nitrogens with one attached hydrogen (secondary N) is 2. The Morgan fingerprint density at radius 2 is 1.17 bits per heavy atom. The number of morpholine rings is 2. The number of rotatable bonds is 14. The fourth-order valence-corrected chi connectivity index (χ4v) is 14.6. The normalized spacial score (nSPS) is 17.9. The summed E-state index contributed by atoms with van der Waals surface area (Å²) >= 11 is 0. The number of fused-ring (bicyclic) bond motifs is 4. The highest BCUT2D eigenvalue weighted by atomic mass is 16.5. The number of nitrogens with two attached hydrogens (primary N) is 1. The van der Waals surface area contributed by atoms with E-state index in [9.17, 15) is 24.3 Å². The molecule has 3 amide bonds. The van der Waals surface area contributed by atoms with Crippen LogP contribution in [0, 0.1) is 5.92 Å². The first-order valence-corrected chi connectivity index (χ1v) is 35.4. The van der Waals surface area contributed by atoms with Gasteiger partial charge in [0.05, 0.1) is 102 Å². The number of hydrogen-bond acceptors (Lipinski definition) is 24. The Morgan fingerprint density at radius 1 is 0.610 bits per heavy atom. The first-order chi connectivity index (χ1) is 51.3. The summed E-state index contributed by atoms with van der Waals surface area (Å²) in [5, 5.41) is 30.5. The summed E-state index contributed by atoms with van der Waals surface area (Å²) in [7, 11) is 5.74. The lowest BCUT2D eigenvalue weighted by Gasteiger charge is -2.32. The van der Waals surface area contributed by atoms with Crippen LogP contribution < -0.4 is 30.9 Å². The van der Waals surface area contributed by atoms with Gasteiger partial charge in [0.2, 0.25) is 0 Å². The third-order valence-electron chi connectivity index (χ3n) is 20.2. The van der Waals surface area contributed by atoms with Crippen molar-refractivity contribution in [2.75, 3.05) is 133 Å². The molecule has 10 aromatic rings. The summed E-state index contributed by atoms with van der Waals surface area (Å²) in [5.41, 5.74) is 16.8. The van der Waals surface area contributed by atoms with Crippen LogP contribution in [0.25, 0.3) is 62.0 Å². The Labute approximate surface area is 604 Å². The van der Waals surface area contributed by atoms with Crippen LogP contribution in [-0.2, 0) is 41.4 Å². The minimum absolute atomic E-state index is 0.107. The number of carbonyl (C=O) groups excluding carboxylic acids is 3. The monoisotopic (exact) mass is 1430 g/mol. The molecule has 31 heteroatoms. The van der Waals surface area contributed by atoms with Crippen molar-refractivity contribution in [2.45, 2.75) is 82.3 Å². The van der Waals surface area contributed by atoms with Gasteiger partial charge in [-0.05, 0) is 135 Å². The quantitative estimate of drug-likeness (QED) is 0.0735. The van der Waals surface area contributed by atoms with Gasteiger partial charge >= 0.3 is 24.2 Å². The van der Waals surface area contributed by atoms with E-state index in [1.807, 2.05) is 84.1 Å². The third-order valence-corrected chi connectivity index (χ3v) is 20.2. The zero-order chi connectivity index (χ0) is 72.5. The Kier molecular flexibility index (Phi) is 21.6. The first-order valence-electron chi connectivity index (χ1n) is 35.4. The summed E-state index contributed by atoms with van der Waals surface area (Å²) in [5.74, 6) is 4.16. The number of ether oxygens (including phenoxy) is 6. The second-order valence-electron chi connectivity index (χ2n) is 26.5. The van der Waals surface area contributed by atoms with E-state index in [4.69, 9.17) is 64.5 Å². The molecule has 0 atom stereocenters. The minimum Gasteiger partial charge on any atom is -0.496 e. The Balaban J connectivity index is 0.000000134. The van der Waals surface area contributed by atoms with Crippen LogP contribution in [-0.4, -0.2) is 210 Å². The van der Waals surface area contributed by atoms with Crippen molar-refractivity contribution in [3.8, 4) is 28.5 Å². The molecule has 0 bridgehead atoms. The zero-order valence-corrected chi connectivity index (χ0v) is 59.0. The van der Waals surface area contributed by atoms with Crippen molar-refractivity contribution < 1.29 is 52.7 Å². The maximum absolute atomic E-state index is 11.9. The molecule has 31 nitrogen and oxygen atoms in total. The largest absolute Gasteiger partial charge is 0.496 e. The fraction of sp³-hybridized carbons (Fsp3) is 0.405. The van der Waals surface area contributed by atoms with Gasteiger partial charge in [0.25, 0.3) is 0 Å². The first kappa shape index (κ1) is 70.6. The number of nitrogens with zero attached hydrogens (tertiary/aromatic N) is 17. The number of allylic oxidation sites excluding steroid dienone is 1. The smallest absolute Gasteiger partial charge is 0.411 e. The highest BCUT2D eigenvalue weighted by molar-refractivity contribution is 5.96. The van der Waals surface area contributed by atoms with Gasteiger partial charge in [-0.3, -0.25) is 25.3 Å². The number of methoxy groups -OCH3 is 4. The molecule has 11 heterocycles. The van der Waals surface area contributed by atoms with Gasteiger partial charge in [0, 0.05) is 112 Å². The fourth-order valence-electron chi connectivity index (χ4n) is 14.6. The lowest BCUT2D eigenvalue weighted by atomic mass is 9.82. The van der Waals surface area contributed by atoms with E-state index in [0.717, 1.165) is 163 Å². The van der Waals surface area contributed by atoms with E-state index in [1.54, 1.807) is 28.7 Å². The van der Waals surface area contributed by atoms with Crippen molar-refractivity contribution in [2.24, 2.45) is 5.92 Å². The number of anilines is 5. The van der Waals surface area contributed by atoms with E-state index in [0.29, 0.717) is 93.1 Å². The van der Waals surface area contributed by atoms with E-state index in [-0.39, 0.29) is 30.0 Å². The maximum Gasteiger partial charge on any atom is 0.411 e. The number of amides is 3. The number of hydrogen-bond donors (Lipinski definition) is 4. The molecular formula is C74H84N20O11. The lowest BCUT2D eigenvalue weighted by molar-refractivity contribution is -0.142. The van der Waals surface area contributed by atoms with Crippen LogP contribution >= 0.6 is 0 Å². The molecule has 16 rings (SSSR count). The second kappa shape index (κ2) is 32.1. The molecule has 105 heavy (non-hydrogen) atoms. The van der Waals surface area contributed by atoms with Gasteiger partial charge < -0.3 is 54.0 Å². The van der Waals surface area contributed by atoms with Crippen LogP contribution in [0.3, 0.4) is 0 Å². The molecule has 0 radical (unpaired) electrons. The number of pyridine rings is 1. The molecule has 6 aliphatic rings. The number of piperidine rings is 2. The molecule has 2 aliphatic carbocycles. The van der Waals surface area contributed by atoms with Crippen molar-refractivity contribution in [3.63, 3.8) is 0 Å². The van der Waals surface area contributed by atoms with Crippen LogP contribution in [0.4, 0.5) is 43.2 Å². The molecule has 546 valence electrons. The number of carbonyl (C=O) groups is 4. The summed E-state index contributed by atoms with van der Waals surface area (Å²) < 4.78 is 36.7. The molecule has 4 saturated heterocycles. The second-order valence-corrected chi connectivity index (χ2v) is 26.5. The van der Waals surface area contributed by atoms with E-state index in [2.05, 4.69) is 68.0 Å². The van der Waals surface area contributed by atoms with Crippen LogP contribution in [0.15, 0.2) is 110 Å². The number of nitrogen functional groups attached to an aromatic ring is 1. The summed E-state index contributed by atoms with van der Waals surface area (Å²) in [6.07, 6.45) is 16.8. The van der Waals surface area contributed by atoms with Gasteiger partial charge in [-0.25, -0.2) is 58.2 Å². The highest BCUT2D eigenvalue weighted by Crippen LogP contribution is 2.42. The predicted molar refractivity (Wildman–Crippen MR) is 392 cm³/mol. The summed E-state index contributed by atoms with van der Waals surface area (Å²) in [6.45, 7) is 9.69. The third kappa shape index (κ3) is 15.6. The van der Waals surface area contributed by atoms with Gasteiger partial charge in [-0.15, -0.1) is 0 Å². The molecule has 0 spiro atoms. The summed E-state index contributed by atoms with van der Waals surface area (Å²) in [4.78, 5) is 88.3. The molecule has 1 saturated carbocycles. The highest BCUT2D eigenvalue weighted by Gasteiger charge is 2.34. The van der Waals surface area contributed by atoms with Crippen LogP contribution in [0.1, 0.15) is 97.6 Å². The molecule has 5 N–H and O–H groups in total. The molecule has 4 aliphatic heterocycles. The number of aromatic nitrogens is 13. The number of likely N-dealkylation sites (tertiary alicyclic amines) is 2. The van der Waals surface area contributed by atoms with Crippen LogP contribution in [0.5, 0.6) is 5.75 Å². The molecule has 0 unspecified atom stereocenters. The lowest BCUT2D eigenvalue weighted by Crippen LogP contribution is -2.39. The minimum atomic E-state index is -0.712. The van der Waals surface area contributed by atoms with Gasteiger partial charge in [0.1, 0.15) is 35.1 Å². The Hall–Kier alpha value is -11.4. The maximum atomic E-state index is 11.9. The molecular weight excluding hydrogens is 1340 g/mol. The van der Waals surface area contributed by atoms with Gasteiger partial charge in [-0.2, -0.15) is 15.3 Å². The van der Waals surface area contributed by atoms with E-state index < -0.39 is 18.2 Å². The van der Waals surface area contributed by atoms with E-state index >= 15 is 0 Å². The Morgan fingerprint density at radius 3 is 1.69 bits per heavy atom. The zero-order valence-electron chi connectivity index (χ0n) is 59.0. The number of aliphatic carboxylic acids is 1. The van der Waals surface area contributed by atoms with Gasteiger partial charge in [0.15, 0.2) is 28.8 Å². The van der Waals surface area contributed by atoms with Crippen molar-refractivity contribution in [1.82, 2.24) is 73.9 Å². The predicted octanol–water partition coefficient (Wildman–Crippen LogP) is 9.82. The van der Waals surface area contributed by atoms with Crippen molar-refractivity contribution >= 4 is 92.3 Å². The number of carboxylic acids is 1. The Bertz CT molecular complexity index is 4770. The van der Waals surface area contributed by atoms with E-state index in [1.165, 1.54) is 33.2 Å².